The van der Waals surface area contributed by atoms with Gasteiger partial charge in [-0.05, 0) is 26.0 Å². The molecule has 1 rings (SSSR count). The van der Waals surface area contributed by atoms with Crippen molar-refractivity contribution >= 4 is 11.5 Å². The van der Waals surface area contributed by atoms with Crippen LogP contribution >= 0.6 is 0 Å². The largest absolute Gasteiger partial charge is 0.494 e. The Labute approximate surface area is 83.9 Å². The molecular formula is C11H15NO2. The molecule has 0 atom stereocenters. The molecule has 2 N–H and O–H groups in total. The van der Waals surface area contributed by atoms with Gasteiger partial charge in [-0.25, -0.2) is 0 Å². The highest BCUT2D eigenvalue weighted by Gasteiger charge is 2.08. The monoisotopic (exact) mass is 193 g/mol. The number of rotatable bonds is 4. The molecule has 0 heterocycles. The number of carbonyl (C=O) groups excluding carboxylic acids is 1. The average molecular weight is 193 g/mol. The van der Waals surface area contributed by atoms with Crippen molar-refractivity contribution in [3.8, 4) is 5.75 Å². The lowest BCUT2D eigenvalue weighted by Gasteiger charge is -2.10. The van der Waals surface area contributed by atoms with Crippen LogP contribution in [-0.4, -0.2) is 12.4 Å². The molecule has 0 aromatic heterocycles. The highest BCUT2D eigenvalue weighted by Crippen LogP contribution is 2.24. The summed E-state index contributed by atoms with van der Waals surface area (Å²) in [5, 5.41) is 0. The van der Waals surface area contributed by atoms with Crippen LogP contribution in [0.3, 0.4) is 0 Å². The fourth-order valence-corrected chi connectivity index (χ4v) is 1.31. The number of hydrogen-bond acceptors (Lipinski definition) is 3. The zero-order chi connectivity index (χ0) is 10.6. The summed E-state index contributed by atoms with van der Waals surface area (Å²) < 4.78 is 5.39. The van der Waals surface area contributed by atoms with E-state index in [4.69, 9.17) is 10.5 Å². The van der Waals surface area contributed by atoms with Crippen molar-refractivity contribution in [3.63, 3.8) is 0 Å². The first-order valence-corrected chi connectivity index (χ1v) is 4.64. The summed E-state index contributed by atoms with van der Waals surface area (Å²) in [6, 6.07) is 5.43. The third-order valence-electron chi connectivity index (χ3n) is 1.89. The number of nitrogens with two attached hydrogens (primary N) is 1. The molecule has 3 nitrogen and oxygen atoms in total. The number of hydrogen-bond donors (Lipinski definition) is 1. The minimum atomic E-state index is 0.0869. The van der Waals surface area contributed by atoms with Gasteiger partial charge in [-0.2, -0.15) is 0 Å². The van der Waals surface area contributed by atoms with Gasteiger partial charge >= 0.3 is 0 Å². The van der Waals surface area contributed by atoms with E-state index < -0.39 is 0 Å². The van der Waals surface area contributed by atoms with Crippen LogP contribution in [0.25, 0.3) is 0 Å². The van der Waals surface area contributed by atoms with Crippen molar-refractivity contribution < 1.29 is 9.53 Å². The van der Waals surface area contributed by atoms with Gasteiger partial charge in [0.15, 0.2) is 0 Å². The van der Waals surface area contributed by atoms with Crippen molar-refractivity contribution in [3.05, 3.63) is 23.8 Å². The zero-order valence-corrected chi connectivity index (χ0v) is 8.54. The Morgan fingerprint density at radius 2 is 2.21 bits per heavy atom. The van der Waals surface area contributed by atoms with E-state index in [1.807, 2.05) is 19.1 Å². The van der Waals surface area contributed by atoms with E-state index in [0.29, 0.717) is 24.5 Å². The molecule has 0 saturated carbocycles. The van der Waals surface area contributed by atoms with Crippen LogP contribution in [-0.2, 0) is 11.2 Å². The lowest BCUT2D eigenvalue weighted by Crippen LogP contribution is -2.05. The van der Waals surface area contributed by atoms with E-state index in [9.17, 15) is 4.79 Å². The first kappa shape index (κ1) is 10.6. The maximum atomic E-state index is 11.0. The number of ether oxygens (including phenoxy) is 1. The Morgan fingerprint density at radius 1 is 1.50 bits per heavy atom. The van der Waals surface area contributed by atoms with Gasteiger partial charge in [-0.1, -0.05) is 6.07 Å². The number of benzene rings is 1. The lowest BCUT2D eigenvalue weighted by atomic mass is 10.1. The molecule has 1 aromatic carbocycles. The first-order chi connectivity index (χ1) is 6.65. The highest BCUT2D eigenvalue weighted by molar-refractivity contribution is 5.81. The van der Waals surface area contributed by atoms with Gasteiger partial charge in [-0.3, -0.25) is 4.79 Å². The molecule has 0 aliphatic rings. The van der Waals surface area contributed by atoms with Crippen molar-refractivity contribution in [2.75, 3.05) is 12.3 Å². The van der Waals surface area contributed by atoms with E-state index in [-0.39, 0.29) is 5.78 Å². The molecule has 0 unspecified atom stereocenters. The molecule has 14 heavy (non-hydrogen) atoms. The standard InChI is InChI=1S/C11H15NO2/c1-3-14-11-6-4-5-10(12)9(11)7-8(2)13/h4-6H,3,7,12H2,1-2H3. The molecule has 0 saturated heterocycles. The third-order valence-corrected chi connectivity index (χ3v) is 1.89. The Bertz CT molecular complexity index is 334. The topological polar surface area (TPSA) is 52.3 Å². The van der Waals surface area contributed by atoms with Crippen LogP contribution in [0.5, 0.6) is 5.75 Å². The summed E-state index contributed by atoms with van der Waals surface area (Å²) in [7, 11) is 0. The molecule has 0 fully saturated rings. The smallest absolute Gasteiger partial charge is 0.134 e. The molecule has 1 aromatic rings. The number of ketones is 1. The van der Waals surface area contributed by atoms with E-state index in [0.717, 1.165) is 5.56 Å². The average Bonchev–Trinajstić information content (AvgIpc) is 2.11. The molecule has 0 radical (unpaired) electrons. The summed E-state index contributed by atoms with van der Waals surface area (Å²) in [5.41, 5.74) is 7.18. The Kier molecular flexibility index (Phi) is 3.51. The van der Waals surface area contributed by atoms with Crippen molar-refractivity contribution in [2.45, 2.75) is 20.3 Å². The van der Waals surface area contributed by atoms with Crippen molar-refractivity contribution in [1.82, 2.24) is 0 Å². The highest BCUT2D eigenvalue weighted by atomic mass is 16.5. The maximum absolute atomic E-state index is 11.0. The summed E-state index contributed by atoms with van der Waals surface area (Å²) in [5.74, 6) is 0.798. The normalized spacial score (nSPS) is 9.86. The fraction of sp³-hybridized carbons (Fsp3) is 0.364. The molecule has 0 amide bonds. The first-order valence-electron chi connectivity index (χ1n) is 4.64. The second-order valence-corrected chi connectivity index (χ2v) is 3.14. The van der Waals surface area contributed by atoms with Gasteiger partial charge in [-0.15, -0.1) is 0 Å². The fourth-order valence-electron chi connectivity index (χ4n) is 1.31. The maximum Gasteiger partial charge on any atom is 0.134 e. The van der Waals surface area contributed by atoms with Crippen LogP contribution in [0.2, 0.25) is 0 Å². The van der Waals surface area contributed by atoms with E-state index >= 15 is 0 Å². The quantitative estimate of drug-likeness (QED) is 0.742. The summed E-state index contributed by atoms with van der Waals surface area (Å²) >= 11 is 0. The summed E-state index contributed by atoms with van der Waals surface area (Å²) in [6.45, 7) is 4.03. The van der Waals surface area contributed by atoms with Gasteiger partial charge in [0.1, 0.15) is 11.5 Å². The SMILES string of the molecule is CCOc1cccc(N)c1CC(C)=O. The van der Waals surface area contributed by atoms with Crippen LogP contribution in [0.4, 0.5) is 5.69 Å². The molecular weight excluding hydrogens is 178 g/mol. The molecule has 0 bridgehead atoms. The van der Waals surface area contributed by atoms with Crippen LogP contribution < -0.4 is 10.5 Å². The van der Waals surface area contributed by atoms with E-state index in [2.05, 4.69) is 0 Å². The van der Waals surface area contributed by atoms with E-state index in [1.165, 1.54) is 0 Å². The third kappa shape index (κ3) is 2.49. The molecule has 76 valence electrons. The van der Waals surface area contributed by atoms with Gasteiger partial charge < -0.3 is 10.5 Å². The predicted octanol–water partition coefficient (Wildman–Crippen LogP) is 1.80. The lowest BCUT2D eigenvalue weighted by molar-refractivity contribution is -0.116. The van der Waals surface area contributed by atoms with Gasteiger partial charge in [0.05, 0.1) is 6.61 Å². The van der Waals surface area contributed by atoms with E-state index in [1.54, 1.807) is 13.0 Å². The van der Waals surface area contributed by atoms with Crippen LogP contribution in [0.15, 0.2) is 18.2 Å². The molecule has 0 spiro atoms. The minimum absolute atomic E-state index is 0.0869. The minimum Gasteiger partial charge on any atom is -0.494 e. The Hall–Kier alpha value is -1.51. The number of anilines is 1. The van der Waals surface area contributed by atoms with Gasteiger partial charge in [0.25, 0.3) is 0 Å². The second kappa shape index (κ2) is 4.65. The molecule has 3 heteroatoms. The van der Waals surface area contributed by atoms with Gasteiger partial charge in [0, 0.05) is 17.7 Å². The number of carbonyl (C=O) groups is 1. The predicted molar refractivity (Wildman–Crippen MR) is 56.4 cm³/mol. The zero-order valence-electron chi connectivity index (χ0n) is 8.54. The molecule has 0 aliphatic heterocycles. The molecule has 0 aliphatic carbocycles. The summed E-state index contributed by atoms with van der Waals surface area (Å²) in [4.78, 5) is 11.0. The van der Waals surface area contributed by atoms with Crippen molar-refractivity contribution in [2.24, 2.45) is 0 Å². The Balaban J connectivity index is 3.02. The second-order valence-electron chi connectivity index (χ2n) is 3.14. The summed E-state index contributed by atoms with van der Waals surface area (Å²) in [6.07, 6.45) is 0.335. The van der Waals surface area contributed by atoms with Crippen molar-refractivity contribution in [1.29, 1.82) is 0 Å². The van der Waals surface area contributed by atoms with Gasteiger partial charge in [0.2, 0.25) is 0 Å². The van der Waals surface area contributed by atoms with Crippen LogP contribution in [0, 0.1) is 0 Å². The Morgan fingerprint density at radius 3 is 2.79 bits per heavy atom. The number of Topliss-reactive ketones (excluding diaryl/α,β-unsaturated/α-hetero) is 1. The van der Waals surface area contributed by atoms with Crippen LogP contribution in [0.1, 0.15) is 19.4 Å². The number of nitrogen functional groups attached to an aromatic ring is 1.